The van der Waals surface area contributed by atoms with Crippen LogP contribution in [0.4, 0.5) is 0 Å². The lowest BCUT2D eigenvalue weighted by atomic mass is 9.87. The quantitative estimate of drug-likeness (QED) is 0.604. The van der Waals surface area contributed by atoms with Crippen LogP contribution < -0.4 is 0 Å². The fourth-order valence-corrected chi connectivity index (χ4v) is 3.90. The molecule has 4 rings (SSSR count). The number of rotatable bonds is 4. The number of benzene rings is 3. The monoisotopic (exact) mass is 342 g/mol. The molecule has 0 saturated carbocycles. The van der Waals surface area contributed by atoms with Crippen LogP contribution in [0, 0.1) is 6.92 Å². The first-order chi connectivity index (χ1) is 12.7. The van der Waals surface area contributed by atoms with Crippen LogP contribution >= 0.6 is 0 Å². The lowest BCUT2D eigenvalue weighted by Gasteiger charge is -2.15. The number of aryl methyl sites for hydroxylation is 1. The molecule has 26 heavy (non-hydrogen) atoms. The molecule has 0 fully saturated rings. The van der Waals surface area contributed by atoms with Crippen molar-refractivity contribution < 1.29 is 9.53 Å². The van der Waals surface area contributed by atoms with Crippen molar-refractivity contribution in [2.24, 2.45) is 0 Å². The van der Waals surface area contributed by atoms with E-state index in [2.05, 4.69) is 44.2 Å². The highest BCUT2D eigenvalue weighted by atomic mass is 16.5. The molecule has 0 aliphatic carbocycles. The Bertz CT molecular complexity index is 1010. The van der Waals surface area contributed by atoms with Gasteiger partial charge in [0.2, 0.25) is 0 Å². The summed E-state index contributed by atoms with van der Waals surface area (Å²) in [6, 6.07) is 20.8. The van der Waals surface area contributed by atoms with E-state index in [9.17, 15) is 4.79 Å². The number of hydrogen-bond acceptors (Lipinski definition) is 2. The van der Waals surface area contributed by atoms with Gasteiger partial charge in [0, 0.05) is 5.56 Å². The lowest BCUT2D eigenvalue weighted by Crippen LogP contribution is -2.04. The fraction of sp³-hybridized carbons (Fsp3) is 0.208. The number of carbonyl (C=O) groups excluding carboxylic acids is 1. The first-order valence-electron chi connectivity index (χ1n) is 9.13. The van der Waals surface area contributed by atoms with E-state index >= 15 is 0 Å². The number of fused-ring (bicyclic) bond motifs is 1. The van der Waals surface area contributed by atoms with Crippen LogP contribution in [-0.4, -0.2) is 12.6 Å². The second-order valence-corrected chi connectivity index (χ2v) is 6.83. The molecule has 0 radical (unpaired) electrons. The molecule has 1 aliphatic rings. The first kappa shape index (κ1) is 16.6. The van der Waals surface area contributed by atoms with Crippen LogP contribution in [0.1, 0.15) is 29.2 Å². The molecular weight excluding hydrogens is 320 g/mol. The number of esters is 1. The Morgan fingerprint density at radius 2 is 1.73 bits per heavy atom. The topological polar surface area (TPSA) is 26.3 Å². The van der Waals surface area contributed by atoms with Gasteiger partial charge in [-0.15, -0.1) is 0 Å². The van der Waals surface area contributed by atoms with Crippen LogP contribution in [0.2, 0.25) is 0 Å². The van der Waals surface area contributed by atoms with Crippen molar-refractivity contribution in [1.82, 2.24) is 0 Å². The molecule has 0 aromatic heterocycles. The molecule has 0 amide bonds. The second-order valence-electron chi connectivity index (χ2n) is 6.83. The summed E-state index contributed by atoms with van der Waals surface area (Å²) in [4.78, 5) is 12.7. The third-order valence-corrected chi connectivity index (χ3v) is 5.24. The largest absolute Gasteiger partial charge is 0.458 e. The normalized spacial score (nSPS) is 14.2. The molecule has 1 aliphatic heterocycles. The molecule has 0 spiro atoms. The Kier molecular flexibility index (Phi) is 4.34. The van der Waals surface area contributed by atoms with Crippen LogP contribution in [0.5, 0.6) is 0 Å². The van der Waals surface area contributed by atoms with E-state index in [1.807, 2.05) is 30.3 Å². The first-order valence-corrected chi connectivity index (χ1v) is 9.13. The van der Waals surface area contributed by atoms with E-state index in [1.165, 1.54) is 22.1 Å². The average molecular weight is 342 g/mol. The Morgan fingerprint density at radius 1 is 1.00 bits per heavy atom. The van der Waals surface area contributed by atoms with E-state index < -0.39 is 0 Å². The smallest absolute Gasteiger partial charge is 0.339 e. The van der Waals surface area contributed by atoms with Crippen molar-refractivity contribution in [2.45, 2.75) is 26.7 Å². The van der Waals surface area contributed by atoms with Crippen LogP contribution in [-0.2, 0) is 22.4 Å². The standard InChI is InChI=1S/C24H22O2/c1-3-18-14-19-11-7-8-12-21(19)22(16(18)2)23-20(15-26-24(23)25)13-17-9-5-4-6-10-17/h4-12,14H,3,13,15H2,1-2H3. The summed E-state index contributed by atoms with van der Waals surface area (Å²) in [5.41, 5.74) is 6.55. The molecule has 130 valence electrons. The van der Waals surface area contributed by atoms with E-state index in [0.29, 0.717) is 6.61 Å². The highest BCUT2D eigenvalue weighted by molar-refractivity contribution is 6.23. The molecule has 2 heteroatoms. The summed E-state index contributed by atoms with van der Waals surface area (Å²) < 4.78 is 5.47. The van der Waals surface area contributed by atoms with Gasteiger partial charge in [-0.25, -0.2) is 4.79 Å². The highest BCUT2D eigenvalue weighted by Crippen LogP contribution is 2.37. The molecular formula is C24H22O2. The number of carbonyl (C=O) groups is 1. The van der Waals surface area contributed by atoms with Crippen molar-refractivity contribution in [1.29, 1.82) is 0 Å². The van der Waals surface area contributed by atoms with Gasteiger partial charge in [-0.1, -0.05) is 67.6 Å². The summed E-state index contributed by atoms with van der Waals surface area (Å²) >= 11 is 0. The molecule has 0 bridgehead atoms. The predicted molar refractivity (Wildman–Crippen MR) is 106 cm³/mol. The van der Waals surface area contributed by atoms with Gasteiger partial charge >= 0.3 is 5.97 Å². The zero-order valence-electron chi connectivity index (χ0n) is 15.2. The van der Waals surface area contributed by atoms with E-state index in [0.717, 1.165) is 34.9 Å². The van der Waals surface area contributed by atoms with Gasteiger partial charge in [-0.2, -0.15) is 0 Å². The van der Waals surface area contributed by atoms with Gasteiger partial charge in [-0.05, 0) is 52.8 Å². The van der Waals surface area contributed by atoms with Crippen LogP contribution in [0.25, 0.3) is 16.3 Å². The molecule has 2 nitrogen and oxygen atoms in total. The maximum atomic E-state index is 12.7. The van der Waals surface area contributed by atoms with Crippen LogP contribution in [0.3, 0.4) is 0 Å². The van der Waals surface area contributed by atoms with Crippen molar-refractivity contribution in [3.8, 4) is 0 Å². The lowest BCUT2D eigenvalue weighted by molar-refractivity contribution is -0.134. The molecule has 0 atom stereocenters. The minimum absolute atomic E-state index is 0.197. The number of ether oxygens (including phenoxy) is 1. The summed E-state index contributed by atoms with van der Waals surface area (Å²) in [5.74, 6) is -0.197. The van der Waals surface area contributed by atoms with Gasteiger partial charge in [0.25, 0.3) is 0 Å². The van der Waals surface area contributed by atoms with E-state index in [-0.39, 0.29) is 5.97 Å². The van der Waals surface area contributed by atoms with Gasteiger partial charge in [0.05, 0.1) is 5.57 Å². The van der Waals surface area contributed by atoms with Gasteiger partial charge < -0.3 is 4.74 Å². The van der Waals surface area contributed by atoms with Crippen molar-refractivity contribution in [3.05, 3.63) is 88.5 Å². The molecule has 0 saturated heterocycles. The summed E-state index contributed by atoms with van der Waals surface area (Å²) in [5, 5.41) is 2.30. The van der Waals surface area contributed by atoms with E-state index in [4.69, 9.17) is 4.74 Å². The highest BCUT2D eigenvalue weighted by Gasteiger charge is 2.29. The third kappa shape index (κ3) is 2.82. The minimum atomic E-state index is -0.197. The SMILES string of the molecule is CCc1cc2ccccc2c(C2=C(Cc3ccccc3)COC2=O)c1C. The average Bonchev–Trinajstić information content (AvgIpc) is 3.02. The summed E-state index contributed by atoms with van der Waals surface area (Å²) in [6.45, 7) is 4.67. The molecule has 3 aromatic rings. The maximum absolute atomic E-state index is 12.7. The summed E-state index contributed by atoms with van der Waals surface area (Å²) in [7, 11) is 0. The Morgan fingerprint density at radius 3 is 2.50 bits per heavy atom. The third-order valence-electron chi connectivity index (χ3n) is 5.24. The number of cyclic esters (lactones) is 1. The van der Waals surface area contributed by atoms with Crippen molar-refractivity contribution in [2.75, 3.05) is 6.61 Å². The summed E-state index contributed by atoms with van der Waals surface area (Å²) in [6.07, 6.45) is 1.69. The number of hydrogen-bond donors (Lipinski definition) is 0. The molecule has 0 N–H and O–H groups in total. The van der Waals surface area contributed by atoms with Crippen molar-refractivity contribution in [3.63, 3.8) is 0 Å². The molecule has 1 heterocycles. The van der Waals surface area contributed by atoms with Crippen molar-refractivity contribution >= 4 is 22.3 Å². The second kappa shape index (κ2) is 6.80. The van der Waals surface area contributed by atoms with Gasteiger partial charge in [0.1, 0.15) is 6.61 Å². The Labute approximate surface area is 154 Å². The Hall–Kier alpha value is -2.87. The predicted octanol–water partition coefficient (Wildman–Crippen LogP) is 5.26. The fourth-order valence-electron chi connectivity index (χ4n) is 3.90. The van der Waals surface area contributed by atoms with E-state index in [1.54, 1.807) is 0 Å². The Balaban J connectivity index is 1.95. The van der Waals surface area contributed by atoms with Crippen LogP contribution in [0.15, 0.2) is 66.2 Å². The zero-order valence-corrected chi connectivity index (χ0v) is 15.2. The molecule has 3 aromatic carbocycles. The minimum Gasteiger partial charge on any atom is -0.458 e. The molecule has 0 unspecified atom stereocenters. The van der Waals surface area contributed by atoms with Gasteiger partial charge in [0.15, 0.2) is 0 Å². The van der Waals surface area contributed by atoms with Gasteiger partial charge in [-0.3, -0.25) is 0 Å². The maximum Gasteiger partial charge on any atom is 0.339 e. The zero-order chi connectivity index (χ0) is 18.1.